The Labute approximate surface area is 130 Å². The van der Waals surface area contributed by atoms with Crippen molar-refractivity contribution in [1.29, 1.82) is 0 Å². The highest BCUT2D eigenvalue weighted by Gasteiger charge is 2.29. The number of nitrogens with zero attached hydrogens (tertiary/aromatic N) is 2. The molecule has 1 aliphatic carbocycles. The highest BCUT2D eigenvalue weighted by atomic mass is 16.6. The molecule has 2 bridgehead atoms. The Morgan fingerprint density at radius 2 is 1.91 bits per heavy atom. The summed E-state index contributed by atoms with van der Waals surface area (Å²) < 4.78 is 0. The molecule has 118 valence electrons. The number of carbonyl (C=O) groups excluding carboxylic acids is 1. The predicted molar refractivity (Wildman–Crippen MR) is 83.9 cm³/mol. The molecular weight excluding hydrogens is 280 g/mol. The van der Waals surface area contributed by atoms with Crippen LogP contribution in [-0.2, 0) is 0 Å². The van der Waals surface area contributed by atoms with Crippen LogP contribution in [-0.4, -0.2) is 35.2 Å². The van der Waals surface area contributed by atoms with E-state index in [2.05, 4.69) is 4.90 Å². The zero-order chi connectivity index (χ0) is 15.5. The first-order valence-corrected chi connectivity index (χ1v) is 8.12. The fourth-order valence-electron chi connectivity index (χ4n) is 3.80. The number of nitro groups is 1. The van der Waals surface area contributed by atoms with Crippen LogP contribution in [0.3, 0.4) is 0 Å². The van der Waals surface area contributed by atoms with E-state index in [1.165, 1.54) is 37.8 Å². The Hall–Kier alpha value is -1.75. The number of hydrogen-bond donors (Lipinski definition) is 0. The lowest BCUT2D eigenvalue weighted by molar-refractivity contribution is -0.384. The summed E-state index contributed by atoms with van der Waals surface area (Å²) in [5.41, 5.74) is 0.599. The lowest BCUT2D eigenvalue weighted by atomic mass is 10.0. The summed E-state index contributed by atoms with van der Waals surface area (Å²) in [7, 11) is 0. The van der Waals surface area contributed by atoms with Crippen molar-refractivity contribution in [2.24, 2.45) is 11.8 Å². The first-order valence-electron chi connectivity index (χ1n) is 8.12. The molecule has 2 aliphatic rings. The van der Waals surface area contributed by atoms with Crippen molar-refractivity contribution in [2.45, 2.75) is 32.1 Å². The van der Waals surface area contributed by atoms with Gasteiger partial charge in [-0.3, -0.25) is 14.9 Å². The summed E-state index contributed by atoms with van der Waals surface area (Å²) in [4.78, 5) is 24.8. The van der Waals surface area contributed by atoms with Gasteiger partial charge in [0.05, 0.1) is 4.92 Å². The van der Waals surface area contributed by atoms with Crippen LogP contribution in [0.2, 0.25) is 0 Å². The molecule has 5 nitrogen and oxygen atoms in total. The van der Waals surface area contributed by atoms with Gasteiger partial charge in [0.2, 0.25) is 0 Å². The molecule has 5 heteroatoms. The van der Waals surface area contributed by atoms with E-state index in [-0.39, 0.29) is 11.5 Å². The third kappa shape index (κ3) is 3.53. The quantitative estimate of drug-likeness (QED) is 0.475. The van der Waals surface area contributed by atoms with Crippen molar-refractivity contribution in [2.75, 3.05) is 19.6 Å². The van der Waals surface area contributed by atoms with Crippen LogP contribution >= 0.6 is 0 Å². The smallest absolute Gasteiger partial charge is 0.269 e. The van der Waals surface area contributed by atoms with Gasteiger partial charge >= 0.3 is 0 Å². The second-order valence-corrected chi connectivity index (χ2v) is 6.61. The van der Waals surface area contributed by atoms with Crippen LogP contribution < -0.4 is 0 Å². The molecule has 3 rings (SSSR count). The molecule has 2 unspecified atom stereocenters. The number of hydrogen-bond acceptors (Lipinski definition) is 4. The topological polar surface area (TPSA) is 63.5 Å². The lowest BCUT2D eigenvalue weighted by Gasteiger charge is -2.24. The van der Waals surface area contributed by atoms with E-state index in [9.17, 15) is 14.9 Å². The predicted octanol–water partition coefficient (Wildman–Crippen LogP) is 3.29. The van der Waals surface area contributed by atoms with Gasteiger partial charge in [-0.1, -0.05) is 6.42 Å². The minimum Gasteiger partial charge on any atom is -0.303 e. The molecule has 1 aromatic carbocycles. The number of ketones is 1. The number of non-ortho nitro benzene ring substituents is 1. The summed E-state index contributed by atoms with van der Waals surface area (Å²) in [5.74, 6) is 1.80. The van der Waals surface area contributed by atoms with Gasteiger partial charge in [-0.05, 0) is 49.8 Å². The summed E-state index contributed by atoms with van der Waals surface area (Å²) in [6.45, 7) is 3.04. The number of nitro benzene ring substituents is 1. The minimum absolute atomic E-state index is 0.0279. The summed E-state index contributed by atoms with van der Waals surface area (Å²) >= 11 is 0. The van der Waals surface area contributed by atoms with Crippen molar-refractivity contribution in [3.8, 4) is 0 Å². The molecule has 0 N–H and O–H groups in total. The molecule has 0 radical (unpaired) electrons. The number of benzene rings is 1. The van der Waals surface area contributed by atoms with E-state index in [4.69, 9.17) is 0 Å². The Kier molecular flexibility index (Phi) is 4.52. The summed E-state index contributed by atoms with van der Waals surface area (Å²) in [6, 6.07) is 5.92. The molecule has 0 aromatic heterocycles. The maximum atomic E-state index is 12.2. The number of likely N-dealkylation sites (tertiary alicyclic amines) is 1. The molecule has 2 atom stereocenters. The third-order valence-corrected chi connectivity index (χ3v) is 5.07. The highest BCUT2D eigenvalue weighted by molar-refractivity contribution is 5.96. The van der Waals surface area contributed by atoms with Gasteiger partial charge in [0.1, 0.15) is 0 Å². The molecule has 0 spiro atoms. The fourth-order valence-corrected chi connectivity index (χ4v) is 3.80. The number of fused-ring (bicyclic) bond motifs is 2. The molecule has 1 aliphatic heterocycles. The van der Waals surface area contributed by atoms with Gasteiger partial charge < -0.3 is 4.90 Å². The molecule has 1 heterocycles. The largest absolute Gasteiger partial charge is 0.303 e. The number of Topliss-reactive ketones (excluding diaryl/α,β-unsaturated/α-hetero) is 1. The van der Waals surface area contributed by atoms with E-state index in [0.717, 1.165) is 31.5 Å². The first-order chi connectivity index (χ1) is 10.6. The maximum absolute atomic E-state index is 12.2. The van der Waals surface area contributed by atoms with Gasteiger partial charge in [-0.15, -0.1) is 0 Å². The second-order valence-electron chi connectivity index (χ2n) is 6.61. The maximum Gasteiger partial charge on any atom is 0.269 e. The Morgan fingerprint density at radius 1 is 1.18 bits per heavy atom. The van der Waals surface area contributed by atoms with Crippen molar-refractivity contribution < 1.29 is 9.72 Å². The standard InChI is InChI=1S/C17H22N2O3/c20-17(15-3-5-16(6-4-15)19(21)22)8-10-18-9-7-13-1-2-14(11-13)12-18/h3-6,13-14H,1-2,7-12H2. The average Bonchev–Trinajstić information content (AvgIpc) is 2.85. The molecule has 2 fully saturated rings. The van der Waals surface area contributed by atoms with Crippen molar-refractivity contribution in [3.05, 3.63) is 39.9 Å². The van der Waals surface area contributed by atoms with Crippen LogP contribution in [0.15, 0.2) is 24.3 Å². The zero-order valence-corrected chi connectivity index (χ0v) is 12.7. The minimum atomic E-state index is -0.444. The first kappa shape index (κ1) is 15.2. The molecule has 1 aromatic rings. The van der Waals surface area contributed by atoms with E-state index >= 15 is 0 Å². The highest BCUT2D eigenvalue weighted by Crippen LogP contribution is 2.36. The van der Waals surface area contributed by atoms with E-state index in [0.29, 0.717) is 12.0 Å². The van der Waals surface area contributed by atoms with Crippen LogP contribution in [0.1, 0.15) is 42.5 Å². The SMILES string of the molecule is O=C(CCN1CCC2CCC(C2)C1)c1ccc([N+](=O)[O-])cc1. The van der Waals surface area contributed by atoms with Gasteiger partial charge in [-0.25, -0.2) is 0 Å². The lowest BCUT2D eigenvalue weighted by Crippen LogP contribution is -2.31. The van der Waals surface area contributed by atoms with E-state index < -0.39 is 4.92 Å². The van der Waals surface area contributed by atoms with Crippen molar-refractivity contribution >= 4 is 11.5 Å². The van der Waals surface area contributed by atoms with E-state index in [1.807, 2.05) is 0 Å². The van der Waals surface area contributed by atoms with Gasteiger partial charge in [0.25, 0.3) is 5.69 Å². The molecule has 22 heavy (non-hydrogen) atoms. The second kappa shape index (κ2) is 6.57. The van der Waals surface area contributed by atoms with Crippen LogP contribution in [0.25, 0.3) is 0 Å². The van der Waals surface area contributed by atoms with Crippen molar-refractivity contribution in [3.63, 3.8) is 0 Å². The number of carbonyl (C=O) groups is 1. The average molecular weight is 302 g/mol. The third-order valence-electron chi connectivity index (χ3n) is 5.07. The van der Waals surface area contributed by atoms with Gasteiger partial charge in [-0.2, -0.15) is 0 Å². The van der Waals surface area contributed by atoms with E-state index in [1.54, 1.807) is 12.1 Å². The van der Waals surface area contributed by atoms with Gasteiger partial charge in [0, 0.05) is 37.2 Å². The summed E-state index contributed by atoms with van der Waals surface area (Å²) in [6.07, 6.45) is 5.86. The zero-order valence-electron chi connectivity index (χ0n) is 12.7. The van der Waals surface area contributed by atoms with Crippen LogP contribution in [0.5, 0.6) is 0 Å². The monoisotopic (exact) mass is 302 g/mol. The Morgan fingerprint density at radius 3 is 2.64 bits per heavy atom. The Balaban J connectivity index is 1.52. The van der Waals surface area contributed by atoms with Crippen LogP contribution in [0, 0.1) is 22.0 Å². The molecule has 0 amide bonds. The fraction of sp³-hybridized carbons (Fsp3) is 0.588. The van der Waals surface area contributed by atoms with Gasteiger partial charge in [0.15, 0.2) is 5.78 Å². The summed E-state index contributed by atoms with van der Waals surface area (Å²) in [5, 5.41) is 10.6. The normalized spacial score (nSPS) is 24.9. The molecule has 1 saturated carbocycles. The molecular formula is C17H22N2O3. The van der Waals surface area contributed by atoms with Crippen molar-refractivity contribution in [1.82, 2.24) is 4.90 Å². The number of rotatable bonds is 5. The van der Waals surface area contributed by atoms with Crippen LogP contribution in [0.4, 0.5) is 5.69 Å². The molecule has 1 saturated heterocycles. The Bertz CT molecular complexity index is 556.